The minimum atomic E-state index is -2.40. The molecule has 9 heteroatoms. The van der Waals surface area contributed by atoms with Crippen molar-refractivity contribution in [3.8, 4) is 0 Å². The van der Waals surface area contributed by atoms with Gasteiger partial charge < -0.3 is 20.9 Å². The minimum absolute atomic E-state index is 0.0405. The standard InChI is InChI=1S/C26H32N5O2PS/c1-30-24(32)21(35-19-9-6-8-18(15-19)34(2,3)33)23(28)29-25(30)31-13-11-26(12-14-31)16-17-7-4-5-10-20(17)22(26)27/h4-10,15,22H,11-14,16,27-28H2,1-3H3/t22-/m1/s1. The summed E-state index contributed by atoms with van der Waals surface area (Å²) in [7, 11) is -0.655. The SMILES string of the molecule is Cn1c(N2CCC3(CC2)Cc2ccccc2[C@H]3N)nc(N)c(Sc2cccc(P(C)(C)=O)c2)c1=O. The van der Waals surface area contributed by atoms with E-state index >= 15 is 0 Å². The Bertz CT molecular complexity index is 1390. The first-order chi connectivity index (χ1) is 16.6. The van der Waals surface area contributed by atoms with E-state index < -0.39 is 7.14 Å². The molecule has 0 unspecified atom stereocenters. The molecule has 2 aliphatic rings. The third kappa shape index (κ3) is 4.32. The highest BCUT2D eigenvalue weighted by molar-refractivity contribution is 7.99. The summed E-state index contributed by atoms with van der Waals surface area (Å²) in [6, 6.07) is 16.0. The topological polar surface area (TPSA) is 107 Å². The van der Waals surface area contributed by atoms with Crippen molar-refractivity contribution in [2.45, 2.75) is 35.1 Å². The number of hydrogen-bond donors (Lipinski definition) is 2. The maximum absolute atomic E-state index is 13.3. The maximum atomic E-state index is 13.3. The number of piperidine rings is 1. The second-order valence-corrected chi connectivity index (χ2v) is 14.4. The molecule has 1 spiro atoms. The van der Waals surface area contributed by atoms with E-state index in [1.165, 1.54) is 22.9 Å². The quantitative estimate of drug-likeness (QED) is 0.518. The zero-order valence-electron chi connectivity index (χ0n) is 20.4. The molecule has 0 amide bonds. The first-order valence-corrected chi connectivity index (χ1v) is 15.3. The van der Waals surface area contributed by atoms with Gasteiger partial charge in [0.15, 0.2) is 0 Å². The number of nitrogens with two attached hydrogens (primary N) is 2. The number of nitrogen functional groups attached to an aromatic ring is 1. The Kier molecular flexibility index (Phi) is 6.10. The Balaban J connectivity index is 1.37. The van der Waals surface area contributed by atoms with Crippen molar-refractivity contribution < 1.29 is 4.57 Å². The lowest BCUT2D eigenvalue weighted by molar-refractivity contribution is 0.186. The lowest BCUT2D eigenvalue weighted by Gasteiger charge is -2.42. The highest BCUT2D eigenvalue weighted by Crippen LogP contribution is 2.51. The fourth-order valence-electron chi connectivity index (χ4n) is 5.42. The summed E-state index contributed by atoms with van der Waals surface area (Å²) in [5.41, 5.74) is 15.5. The number of anilines is 2. The molecule has 1 saturated heterocycles. The van der Waals surface area contributed by atoms with Crippen LogP contribution >= 0.6 is 18.9 Å². The van der Waals surface area contributed by atoms with Gasteiger partial charge in [0, 0.05) is 36.4 Å². The summed E-state index contributed by atoms with van der Waals surface area (Å²) >= 11 is 1.27. The van der Waals surface area contributed by atoms with E-state index in [9.17, 15) is 9.36 Å². The van der Waals surface area contributed by atoms with Crippen molar-refractivity contribution in [3.63, 3.8) is 0 Å². The van der Waals surface area contributed by atoms with E-state index in [0.717, 1.165) is 42.6 Å². The molecule has 1 aliphatic heterocycles. The van der Waals surface area contributed by atoms with E-state index in [1.807, 2.05) is 24.3 Å². The van der Waals surface area contributed by atoms with Crippen LogP contribution in [0.15, 0.2) is 63.1 Å². The van der Waals surface area contributed by atoms with Crippen molar-refractivity contribution >= 4 is 36.0 Å². The van der Waals surface area contributed by atoms with E-state index in [1.54, 1.807) is 24.9 Å². The summed E-state index contributed by atoms with van der Waals surface area (Å²) in [5, 5.41) is 0.775. The predicted octanol–water partition coefficient (Wildman–Crippen LogP) is 3.60. The molecule has 1 atom stereocenters. The zero-order chi connectivity index (χ0) is 25.0. The summed E-state index contributed by atoms with van der Waals surface area (Å²) in [6.07, 6.45) is 2.88. The Morgan fingerprint density at radius 3 is 2.51 bits per heavy atom. The van der Waals surface area contributed by atoms with Gasteiger partial charge in [0.1, 0.15) is 17.9 Å². The van der Waals surface area contributed by atoms with Crippen LogP contribution in [-0.2, 0) is 18.0 Å². The molecule has 1 aliphatic carbocycles. The van der Waals surface area contributed by atoms with Crippen LogP contribution in [-0.4, -0.2) is 36.0 Å². The molecule has 4 N–H and O–H groups in total. The highest BCUT2D eigenvalue weighted by Gasteiger charge is 2.46. The van der Waals surface area contributed by atoms with E-state index in [4.69, 9.17) is 11.5 Å². The van der Waals surface area contributed by atoms with Gasteiger partial charge >= 0.3 is 0 Å². The average Bonchev–Trinajstić information content (AvgIpc) is 3.10. The summed E-state index contributed by atoms with van der Waals surface area (Å²) in [4.78, 5) is 21.3. The number of hydrogen-bond acceptors (Lipinski definition) is 7. The van der Waals surface area contributed by atoms with Gasteiger partial charge in [-0.1, -0.05) is 48.2 Å². The molecule has 5 rings (SSSR count). The smallest absolute Gasteiger partial charge is 0.270 e. The monoisotopic (exact) mass is 509 g/mol. The molecular formula is C26H32N5O2PS. The summed E-state index contributed by atoms with van der Waals surface area (Å²) < 4.78 is 14.1. The van der Waals surface area contributed by atoms with Gasteiger partial charge in [-0.25, -0.2) is 0 Å². The van der Waals surface area contributed by atoms with Crippen LogP contribution in [0.5, 0.6) is 0 Å². The van der Waals surface area contributed by atoms with Crippen molar-refractivity contribution in [1.82, 2.24) is 9.55 Å². The molecule has 184 valence electrons. The zero-order valence-corrected chi connectivity index (χ0v) is 22.1. The Hall–Kier alpha value is -2.54. The number of fused-ring (bicyclic) bond motifs is 1. The van der Waals surface area contributed by atoms with Gasteiger partial charge in [-0.3, -0.25) is 9.36 Å². The van der Waals surface area contributed by atoms with Crippen LogP contribution in [0, 0.1) is 5.41 Å². The minimum Gasteiger partial charge on any atom is -0.382 e. The molecule has 1 fully saturated rings. The summed E-state index contributed by atoms with van der Waals surface area (Å²) in [5.74, 6) is 0.816. The van der Waals surface area contributed by atoms with Crippen molar-refractivity contribution in [3.05, 3.63) is 70.0 Å². The lowest BCUT2D eigenvalue weighted by atomic mass is 9.73. The van der Waals surface area contributed by atoms with Crippen molar-refractivity contribution in [2.75, 3.05) is 37.1 Å². The lowest BCUT2D eigenvalue weighted by Crippen LogP contribution is -2.46. The predicted molar refractivity (Wildman–Crippen MR) is 144 cm³/mol. The number of aromatic nitrogens is 2. The molecule has 0 bridgehead atoms. The molecule has 2 heterocycles. The van der Waals surface area contributed by atoms with E-state index in [0.29, 0.717) is 10.8 Å². The molecule has 7 nitrogen and oxygen atoms in total. The molecule has 0 radical (unpaired) electrons. The molecule has 0 saturated carbocycles. The van der Waals surface area contributed by atoms with E-state index in [2.05, 4.69) is 34.1 Å². The average molecular weight is 510 g/mol. The second-order valence-electron chi connectivity index (χ2n) is 10.1. The summed E-state index contributed by atoms with van der Waals surface area (Å²) in [6.45, 7) is 5.03. The van der Waals surface area contributed by atoms with Crippen LogP contribution < -0.4 is 27.2 Å². The molecule has 1 aromatic heterocycles. The highest BCUT2D eigenvalue weighted by atomic mass is 32.2. The number of nitrogens with zero attached hydrogens (tertiary/aromatic N) is 3. The number of rotatable bonds is 4. The third-order valence-electron chi connectivity index (χ3n) is 7.55. The molecule has 3 aromatic rings. The van der Waals surface area contributed by atoms with Crippen molar-refractivity contribution in [1.29, 1.82) is 0 Å². The first-order valence-electron chi connectivity index (χ1n) is 11.9. The maximum Gasteiger partial charge on any atom is 0.270 e. The second kappa shape index (κ2) is 8.84. The van der Waals surface area contributed by atoms with Crippen LogP contribution in [0.25, 0.3) is 0 Å². The van der Waals surface area contributed by atoms with Gasteiger partial charge in [-0.2, -0.15) is 4.98 Å². The Labute approximate surface area is 210 Å². The van der Waals surface area contributed by atoms with Crippen LogP contribution in [0.1, 0.15) is 30.0 Å². The fourth-order valence-corrected chi connectivity index (χ4v) is 7.35. The molecule has 35 heavy (non-hydrogen) atoms. The van der Waals surface area contributed by atoms with Crippen LogP contribution in [0.2, 0.25) is 0 Å². The molecular weight excluding hydrogens is 477 g/mol. The van der Waals surface area contributed by atoms with Gasteiger partial charge in [-0.05, 0) is 61.3 Å². The third-order valence-corrected chi connectivity index (χ3v) is 10.1. The molecule has 2 aromatic carbocycles. The fraction of sp³-hybridized carbons (Fsp3) is 0.385. The van der Waals surface area contributed by atoms with Crippen molar-refractivity contribution in [2.24, 2.45) is 18.2 Å². The number of benzene rings is 2. The Morgan fingerprint density at radius 1 is 1.11 bits per heavy atom. The van der Waals surface area contributed by atoms with E-state index in [-0.39, 0.29) is 22.8 Å². The van der Waals surface area contributed by atoms with Gasteiger partial charge in [0.2, 0.25) is 5.95 Å². The normalized spacial score (nSPS) is 19.2. The van der Waals surface area contributed by atoms with Crippen LogP contribution in [0.4, 0.5) is 11.8 Å². The van der Waals surface area contributed by atoms with Gasteiger partial charge in [0.25, 0.3) is 5.56 Å². The first kappa shape index (κ1) is 24.2. The largest absolute Gasteiger partial charge is 0.382 e. The van der Waals surface area contributed by atoms with Gasteiger partial charge in [-0.15, -0.1) is 0 Å². The van der Waals surface area contributed by atoms with Gasteiger partial charge in [0.05, 0.1) is 0 Å². The Morgan fingerprint density at radius 2 is 1.83 bits per heavy atom. The van der Waals surface area contributed by atoms with Crippen LogP contribution in [0.3, 0.4) is 0 Å².